The molecule has 140 valence electrons. The molecule has 0 unspecified atom stereocenters. The zero-order chi connectivity index (χ0) is 18.8. The summed E-state index contributed by atoms with van der Waals surface area (Å²) >= 11 is 0. The molecule has 5 heteroatoms. The zero-order valence-corrected chi connectivity index (χ0v) is 15.7. The molecule has 1 N–H and O–H groups in total. The number of amides is 1. The van der Waals surface area contributed by atoms with Crippen LogP contribution in [-0.4, -0.2) is 32.3 Å². The molecule has 2 aromatic carbocycles. The summed E-state index contributed by atoms with van der Waals surface area (Å²) in [6, 6.07) is 13.0. The van der Waals surface area contributed by atoms with Crippen molar-refractivity contribution in [2.75, 3.05) is 26.4 Å². The van der Waals surface area contributed by atoms with Gasteiger partial charge in [0.25, 0.3) is 5.91 Å². The summed E-state index contributed by atoms with van der Waals surface area (Å²) in [6.07, 6.45) is 0.911. The van der Waals surface area contributed by atoms with E-state index in [-0.39, 0.29) is 5.91 Å². The van der Waals surface area contributed by atoms with Crippen LogP contribution in [0.3, 0.4) is 0 Å². The number of carbonyl (C=O) groups is 1. The topological polar surface area (TPSA) is 56.8 Å². The van der Waals surface area contributed by atoms with Crippen molar-refractivity contribution in [1.82, 2.24) is 5.32 Å². The van der Waals surface area contributed by atoms with Crippen LogP contribution in [0, 0.1) is 6.92 Å². The molecule has 0 spiro atoms. The Morgan fingerprint density at radius 3 is 2.38 bits per heavy atom. The van der Waals surface area contributed by atoms with Crippen LogP contribution >= 0.6 is 0 Å². The summed E-state index contributed by atoms with van der Waals surface area (Å²) in [6.45, 7) is 7.92. The van der Waals surface area contributed by atoms with E-state index in [1.54, 1.807) is 18.2 Å². The fraction of sp³-hybridized carbons (Fsp3) is 0.381. The van der Waals surface area contributed by atoms with E-state index in [1.807, 2.05) is 45.0 Å². The molecule has 5 nitrogen and oxygen atoms in total. The molecular formula is C21H27NO4. The van der Waals surface area contributed by atoms with E-state index in [1.165, 1.54) is 5.56 Å². The first kappa shape index (κ1) is 19.6. The van der Waals surface area contributed by atoms with Gasteiger partial charge in [-0.1, -0.05) is 24.6 Å². The first-order chi connectivity index (χ1) is 12.6. The number of carbonyl (C=O) groups excluding carboxylic acids is 1. The van der Waals surface area contributed by atoms with E-state index in [9.17, 15) is 4.79 Å². The average molecular weight is 357 g/mol. The van der Waals surface area contributed by atoms with Crippen LogP contribution in [0.1, 0.15) is 36.2 Å². The summed E-state index contributed by atoms with van der Waals surface area (Å²) in [7, 11) is 0. The maximum atomic E-state index is 12.3. The SMILES string of the molecule is CCCOc1ccc(C(=O)NCCOc2ccc(C)cc2)cc1OCC. The number of benzene rings is 2. The fourth-order valence-electron chi connectivity index (χ4n) is 2.32. The summed E-state index contributed by atoms with van der Waals surface area (Å²) < 4.78 is 16.9. The van der Waals surface area contributed by atoms with Crippen molar-refractivity contribution in [3.05, 3.63) is 53.6 Å². The van der Waals surface area contributed by atoms with Crippen LogP contribution in [0.25, 0.3) is 0 Å². The highest BCUT2D eigenvalue weighted by molar-refractivity contribution is 5.94. The molecule has 0 saturated carbocycles. The van der Waals surface area contributed by atoms with Gasteiger partial charge < -0.3 is 19.5 Å². The van der Waals surface area contributed by atoms with E-state index in [0.29, 0.717) is 43.4 Å². The molecule has 0 fully saturated rings. The zero-order valence-electron chi connectivity index (χ0n) is 15.7. The van der Waals surface area contributed by atoms with E-state index in [2.05, 4.69) is 5.32 Å². The third kappa shape index (κ3) is 5.99. The minimum absolute atomic E-state index is 0.166. The van der Waals surface area contributed by atoms with Crippen LogP contribution in [0.15, 0.2) is 42.5 Å². The van der Waals surface area contributed by atoms with Crippen LogP contribution in [0.5, 0.6) is 17.2 Å². The number of hydrogen-bond donors (Lipinski definition) is 1. The largest absolute Gasteiger partial charge is 0.492 e. The Balaban J connectivity index is 1.87. The summed E-state index contributed by atoms with van der Waals surface area (Å²) in [5.74, 6) is 1.87. The van der Waals surface area contributed by atoms with Crippen LogP contribution in [0.4, 0.5) is 0 Å². The Hall–Kier alpha value is -2.69. The highest BCUT2D eigenvalue weighted by Crippen LogP contribution is 2.28. The number of hydrogen-bond acceptors (Lipinski definition) is 4. The lowest BCUT2D eigenvalue weighted by atomic mass is 10.2. The third-order valence-electron chi connectivity index (χ3n) is 3.64. The van der Waals surface area contributed by atoms with Crippen LogP contribution < -0.4 is 19.5 Å². The molecule has 0 aliphatic rings. The quantitative estimate of drug-likeness (QED) is 0.653. The molecule has 0 radical (unpaired) electrons. The molecule has 26 heavy (non-hydrogen) atoms. The predicted octanol–water partition coefficient (Wildman–Crippen LogP) is 3.99. The van der Waals surface area contributed by atoms with E-state index >= 15 is 0 Å². The second-order valence-electron chi connectivity index (χ2n) is 5.86. The van der Waals surface area contributed by atoms with Crippen molar-refractivity contribution in [2.24, 2.45) is 0 Å². The first-order valence-electron chi connectivity index (χ1n) is 9.01. The van der Waals surface area contributed by atoms with Crippen molar-refractivity contribution in [3.63, 3.8) is 0 Å². The average Bonchev–Trinajstić information content (AvgIpc) is 2.65. The van der Waals surface area contributed by atoms with Crippen molar-refractivity contribution in [3.8, 4) is 17.2 Å². The molecule has 0 atom stereocenters. The Morgan fingerprint density at radius 2 is 1.69 bits per heavy atom. The smallest absolute Gasteiger partial charge is 0.251 e. The number of nitrogens with one attached hydrogen (secondary N) is 1. The molecule has 0 aliphatic carbocycles. The van der Waals surface area contributed by atoms with Gasteiger partial charge in [-0.05, 0) is 50.6 Å². The van der Waals surface area contributed by atoms with Crippen molar-refractivity contribution >= 4 is 5.91 Å². The maximum Gasteiger partial charge on any atom is 0.251 e. The molecule has 0 aromatic heterocycles. The minimum atomic E-state index is -0.166. The molecule has 0 aliphatic heterocycles. The lowest BCUT2D eigenvalue weighted by Gasteiger charge is -2.13. The Labute approximate surface area is 155 Å². The molecule has 0 saturated heterocycles. The van der Waals surface area contributed by atoms with Gasteiger partial charge in [-0.25, -0.2) is 0 Å². The van der Waals surface area contributed by atoms with Crippen molar-refractivity contribution in [1.29, 1.82) is 0 Å². The molecular weight excluding hydrogens is 330 g/mol. The highest BCUT2D eigenvalue weighted by Gasteiger charge is 2.11. The van der Waals surface area contributed by atoms with Crippen molar-refractivity contribution < 1.29 is 19.0 Å². The van der Waals surface area contributed by atoms with Gasteiger partial charge in [-0.15, -0.1) is 0 Å². The highest BCUT2D eigenvalue weighted by atomic mass is 16.5. The summed E-state index contributed by atoms with van der Waals surface area (Å²) in [5.41, 5.74) is 1.72. The van der Waals surface area contributed by atoms with Crippen LogP contribution in [0.2, 0.25) is 0 Å². The fourth-order valence-corrected chi connectivity index (χ4v) is 2.32. The molecule has 2 aromatic rings. The molecule has 2 rings (SSSR count). The number of aryl methyl sites for hydroxylation is 1. The molecule has 0 bridgehead atoms. The van der Waals surface area contributed by atoms with Crippen molar-refractivity contribution in [2.45, 2.75) is 27.2 Å². The van der Waals surface area contributed by atoms with Gasteiger partial charge >= 0.3 is 0 Å². The lowest BCUT2D eigenvalue weighted by molar-refractivity contribution is 0.0946. The summed E-state index contributed by atoms with van der Waals surface area (Å²) in [5, 5.41) is 2.85. The number of rotatable bonds is 10. The maximum absolute atomic E-state index is 12.3. The summed E-state index contributed by atoms with van der Waals surface area (Å²) in [4.78, 5) is 12.3. The molecule has 1 amide bonds. The van der Waals surface area contributed by atoms with Gasteiger partial charge in [0.1, 0.15) is 12.4 Å². The third-order valence-corrected chi connectivity index (χ3v) is 3.64. The standard InChI is InChI=1S/C21H27NO4/c1-4-13-26-19-11-8-17(15-20(19)24-5-2)21(23)22-12-14-25-18-9-6-16(3)7-10-18/h6-11,15H,4-5,12-14H2,1-3H3,(H,22,23). The Morgan fingerprint density at radius 1 is 0.923 bits per heavy atom. The normalized spacial score (nSPS) is 10.3. The van der Waals surface area contributed by atoms with Gasteiger partial charge in [0.2, 0.25) is 0 Å². The van der Waals surface area contributed by atoms with Gasteiger partial charge in [0.15, 0.2) is 11.5 Å². The van der Waals surface area contributed by atoms with Gasteiger partial charge in [0, 0.05) is 5.56 Å². The predicted molar refractivity (Wildman–Crippen MR) is 102 cm³/mol. The van der Waals surface area contributed by atoms with E-state index < -0.39 is 0 Å². The Kier molecular flexibility index (Phi) is 7.80. The second kappa shape index (κ2) is 10.3. The van der Waals surface area contributed by atoms with Gasteiger partial charge in [0.05, 0.1) is 19.8 Å². The van der Waals surface area contributed by atoms with E-state index in [4.69, 9.17) is 14.2 Å². The monoisotopic (exact) mass is 357 g/mol. The first-order valence-corrected chi connectivity index (χ1v) is 9.01. The molecule has 0 heterocycles. The lowest BCUT2D eigenvalue weighted by Crippen LogP contribution is -2.28. The Bertz CT molecular complexity index is 698. The van der Waals surface area contributed by atoms with Gasteiger partial charge in [-0.3, -0.25) is 4.79 Å². The van der Waals surface area contributed by atoms with Crippen LogP contribution in [-0.2, 0) is 0 Å². The minimum Gasteiger partial charge on any atom is -0.492 e. The van der Waals surface area contributed by atoms with E-state index in [0.717, 1.165) is 12.2 Å². The van der Waals surface area contributed by atoms with Gasteiger partial charge in [-0.2, -0.15) is 0 Å². The second-order valence-corrected chi connectivity index (χ2v) is 5.86. The number of ether oxygens (including phenoxy) is 3.